The molecular formula is C19H21ClN4. The fraction of sp³-hybridized carbons (Fsp3) is 0.316. The highest BCUT2D eigenvalue weighted by atomic mass is 35.5. The van der Waals surface area contributed by atoms with Crippen molar-refractivity contribution in [1.29, 1.82) is 0 Å². The van der Waals surface area contributed by atoms with E-state index in [4.69, 9.17) is 16.6 Å². The fourth-order valence-corrected chi connectivity index (χ4v) is 3.51. The molecule has 1 fully saturated rings. The smallest absolute Gasteiger partial charge is 0.107 e. The second kappa shape index (κ2) is 6.73. The van der Waals surface area contributed by atoms with Gasteiger partial charge in [-0.2, -0.15) is 0 Å². The van der Waals surface area contributed by atoms with Crippen molar-refractivity contribution in [1.82, 2.24) is 4.90 Å². The Kier molecular flexibility index (Phi) is 4.30. The average Bonchev–Trinajstić information content (AvgIpc) is 2.84. The Morgan fingerprint density at radius 1 is 0.917 bits per heavy atom. The number of aliphatic imine (C=N–C) groups is 1. The predicted octanol–water partition coefficient (Wildman–Crippen LogP) is 4.01. The molecule has 1 N–H and O–H groups in total. The van der Waals surface area contributed by atoms with Crippen LogP contribution in [-0.4, -0.2) is 43.5 Å². The van der Waals surface area contributed by atoms with Crippen LogP contribution < -0.4 is 10.2 Å². The molecular weight excluding hydrogens is 320 g/mol. The highest BCUT2D eigenvalue weighted by molar-refractivity contribution is 6.31. The third-order valence-electron chi connectivity index (χ3n) is 4.64. The normalized spacial score (nSPS) is 17.6. The predicted molar refractivity (Wildman–Crippen MR) is 102 cm³/mol. The van der Waals surface area contributed by atoms with Crippen molar-refractivity contribution in [2.24, 2.45) is 4.99 Å². The lowest BCUT2D eigenvalue weighted by molar-refractivity contribution is 0.380. The molecule has 4 nitrogen and oxygen atoms in total. The lowest BCUT2D eigenvalue weighted by atomic mass is 10.2. The van der Waals surface area contributed by atoms with Crippen LogP contribution >= 0.6 is 11.6 Å². The molecule has 2 aliphatic rings. The third kappa shape index (κ3) is 3.20. The van der Waals surface area contributed by atoms with Crippen LogP contribution in [0.1, 0.15) is 6.42 Å². The second-order valence-corrected chi connectivity index (χ2v) is 6.61. The highest BCUT2D eigenvalue weighted by Gasteiger charge is 2.21. The lowest BCUT2D eigenvalue weighted by Crippen LogP contribution is -2.49. The van der Waals surface area contributed by atoms with E-state index in [1.54, 1.807) is 0 Å². The standard InChI is InChI=1S/C19H21ClN4/c20-15-6-7-17-18(14-15)22-19(8-9-21-17)24-12-10-23(11-13-24)16-4-2-1-3-5-16/h1-7,14,21H,8-13H2. The van der Waals surface area contributed by atoms with Crippen molar-refractivity contribution in [3.63, 3.8) is 0 Å². The van der Waals surface area contributed by atoms with Crippen LogP contribution in [0.4, 0.5) is 17.1 Å². The first-order valence-electron chi connectivity index (χ1n) is 8.45. The molecule has 0 aromatic heterocycles. The van der Waals surface area contributed by atoms with E-state index in [1.165, 1.54) is 5.69 Å². The summed E-state index contributed by atoms with van der Waals surface area (Å²) in [4.78, 5) is 9.75. The van der Waals surface area contributed by atoms with E-state index in [1.807, 2.05) is 18.2 Å². The van der Waals surface area contributed by atoms with Crippen LogP contribution in [0.2, 0.25) is 5.02 Å². The minimum Gasteiger partial charge on any atom is -0.383 e. The van der Waals surface area contributed by atoms with Gasteiger partial charge in [-0.1, -0.05) is 29.8 Å². The van der Waals surface area contributed by atoms with Crippen molar-refractivity contribution in [2.75, 3.05) is 42.9 Å². The minimum atomic E-state index is 0.731. The summed E-state index contributed by atoms with van der Waals surface area (Å²) in [5.74, 6) is 1.16. The molecule has 24 heavy (non-hydrogen) atoms. The van der Waals surface area contributed by atoms with E-state index < -0.39 is 0 Å². The number of piperazine rings is 1. The van der Waals surface area contributed by atoms with Gasteiger partial charge in [-0.25, -0.2) is 4.99 Å². The topological polar surface area (TPSA) is 30.9 Å². The summed E-state index contributed by atoms with van der Waals surface area (Å²) >= 11 is 6.13. The van der Waals surface area contributed by atoms with Gasteiger partial charge < -0.3 is 15.1 Å². The van der Waals surface area contributed by atoms with Crippen molar-refractivity contribution < 1.29 is 0 Å². The number of halogens is 1. The molecule has 124 valence electrons. The van der Waals surface area contributed by atoms with Crippen molar-refractivity contribution in [3.8, 4) is 0 Å². The Morgan fingerprint density at radius 2 is 1.67 bits per heavy atom. The van der Waals surface area contributed by atoms with E-state index >= 15 is 0 Å². The van der Waals surface area contributed by atoms with E-state index in [-0.39, 0.29) is 0 Å². The zero-order valence-electron chi connectivity index (χ0n) is 13.6. The molecule has 2 heterocycles. The van der Waals surface area contributed by atoms with Gasteiger partial charge in [0, 0.05) is 49.9 Å². The van der Waals surface area contributed by atoms with E-state index in [0.717, 1.165) is 61.4 Å². The number of nitrogens with one attached hydrogen (secondary N) is 1. The van der Waals surface area contributed by atoms with Crippen LogP contribution in [0.25, 0.3) is 0 Å². The average molecular weight is 341 g/mol. The second-order valence-electron chi connectivity index (χ2n) is 6.18. The monoisotopic (exact) mass is 340 g/mol. The van der Waals surface area contributed by atoms with Gasteiger partial charge in [0.25, 0.3) is 0 Å². The third-order valence-corrected chi connectivity index (χ3v) is 4.87. The summed E-state index contributed by atoms with van der Waals surface area (Å²) in [7, 11) is 0. The maximum Gasteiger partial charge on any atom is 0.107 e. The first kappa shape index (κ1) is 15.3. The van der Waals surface area contributed by atoms with Crippen molar-refractivity contribution in [2.45, 2.75) is 6.42 Å². The first-order valence-corrected chi connectivity index (χ1v) is 8.83. The summed E-state index contributed by atoms with van der Waals surface area (Å²) in [5.41, 5.74) is 3.32. The number of rotatable bonds is 1. The summed E-state index contributed by atoms with van der Waals surface area (Å²) in [6.07, 6.45) is 0.942. The number of hydrogen-bond acceptors (Lipinski definition) is 4. The number of fused-ring (bicyclic) bond motifs is 1. The maximum absolute atomic E-state index is 6.13. The van der Waals surface area contributed by atoms with Gasteiger partial charge in [-0.3, -0.25) is 0 Å². The zero-order chi connectivity index (χ0) is 16.4. The molecule has 5 heteroatoms. The SMILES string of the molecule is Clc1ccc2c(c1)N=C(N1CCN(c3ccccc3)CC1)CCN2. The molecule has 0 spiro atoms. The van der Waals surface area contributed by atoms with Crippen LogP contribution in [0.5, 0.6) is 0 Å². The van der Waals surface area contributed by atoms with Gasteiger partial charge in [-0.15, -0.1) is 0 Å². The Hall–Kier alpha value is -2.20. The largest absolute Gasteiger partial charge is 0.383 e. The van der Waals surface area contributed by atoms with Gasteiger partial charge in [-0.05, 0) is 30.3 Å². The number of para-hydroxylation sites is 1. The molecule has 2 aromatic rings. The molecule has 0 saturated carbocycles. The molecule has 1 saturated heterocycles. The maximum atomic E-state index is 6.13. The van der Waals surface area contributed by atoms with E-state index in [0.29, 0.717) is 0 Å². The molecule has 0 bridgehead atoms. The van der Waals surface area contributed by atoms with Crippen molar-refractivity contribution in [3.05, 3.63) is 53.6 Å². The van der Waals surface area contributed by atoms with Gasteiger partial charge >= 0.3 is 0 Å². The summed E-state index contributed by atoms with van der Waals surface area (Å²) in [6.45, 7) is 4.97. The number of benzene rings is 2. The van der Waals surface area contributed by atoms with Gasteiger partial charge in [0.15, 0.2) is 0 Å². The molecule has 0 amide bonds. The van der Waals surface area contributed by atoms with Crippen molar-refractivity contribution >= 4 is 34.5 Å². The van der Waals surface area contributed by atoms with Crippen LogP contribution in [0, 0.1) is 0 Å². The quantitative estimate of drug-likeness (QED) is 0.851. The zero-order valence-corrected chi connectivity index (χ0v) is 14.3. The molecule has 0 atom stereocenters. The lowest BCUT2D eigenvalue weighted by Gasteiger charge is -2.37. The molecule has 0 unspecified atom stereocenters. The van der Waals surface area contributed by atoms with E-state index in [2.05, 4.69) is 45.4 Å². The van der Waals surface area contributed by atoms with Crippen LogP contribution in [0.15, 0.2) is 53.5 Å². The van der Waals surface area contributed by atoms with Gasteiger partial charge in [0.05, 0.1) is 11.4 Å². The highest BCUT2D eigenvalue weighted by Crippen LogP contribution is 2.31. The molecule has 0 aliphatic carbocycles. The van der Waals surface area contributed by atoms with Crippen LogP contribution in [-0.2, 0) is 0 Å². The minimum absolute atomic E-state index is 0.731. The molecule has 0 radical (unpaired) electrons. The number of amidine groups is 1. The number of anilines is 2. The first-order chi connectivity index (χ1) is 11.8. The summed E-state index contributed by atoms with van der Waals surface area (Å²) in [5, 5.41) is 4.18. The number of nitrogens with zero attached hydrogens (tertiary/aromatic N) is 3. The van der Waals surface area contributed by atoms with Gasteiger partial charge in [0.2, 0.25) is 0 Å². The Labute approximate surface area is 147 Å². The van der Waals surface area contributed by atoms with Gasteiger partial charge in [0.1, 0.15) is 5.84 Å². The molecule has 2 aromatic carbocycles. The number of hydrogen-bond donors (Lipinski definition) is 1. The Balaban J connectivity index is 1.49. The Morgan fingerprint density at radius 3 is 2.46 bits per heavy atom. The summed E-state index contributed by atoms with van der Waals surface area (Å²) in [6, 6.07) is 16.5. The fourth-order valence-electron chi connectivity index (χ4n) is 3.34. The summed E-state index contributed by atoms with van der Waals surface area (Å²) < 4.78 is 0. The molecule has 2 aliphatic heterocycles. The van der Waals surface area contributed by atoms with Crippen LogP contribution in [0.3, 0.4) is 0 Å². The molecule has 4 rings (SSSR count). The van der Waals surface area contributed by atoms with E-state index in [9.17, 15) is 0 Å². The Bertz CT molecular complexity index is 736.